The van der Waals surface area contributed by atoms with Gasteiger partial charge in [-0.1, -0.05) is 53.2 Å². The Kier molecular flexibility index (Phi) is 7.29. The lowest BCUT2D eigenvalue weighted by Crippen LogP contribution is -2.29. The molecule has 0 radical (unpaired) electrons. The third-order valence-electron chi connectivity index (χ3n) is 6.99. The summed E-state index contributed by atoms with van der Waals surface area (Å²) in [5.74, 6) is 1.37. The van der Waals surface area contributed by atoms with Gasteiger partial charge in [-0.15, -0.1) is 0 Å². The molecule has 5 aromatic rings. The molecule has 0 atom stereocenters. The minimum Gasteiger partial charge on any atom is -0.381 e. The van der Waals surface area contributed by atoms with Gasteiger partial charge in [-0.05, 0) is 36.1 Å². The number of ether oxygens (including phenoxy) is 1. The molecule has 6 rings (SSSR count). The van der Waals surface area contributed by atoms with E-state index in [1.165, 1.54) is 0 Å². The van der Waals surface area contributed by atoms with Crippen molar-refractivity contribution in [3.8, 4) is 22.5 Å². The number of nitrogens with zero attached hydrogens (tertiary/aromatic N) is 5. The molecule has 40 heavy (non-hydrogen) atoms. The van der Waals surface area contributed by atoms with Crippen LogP contribution in [0.3, 0.4) is 0 Å². The lowest BCUT2D eigenvalue weighted by atomic mass is 10.0. The normalized spacial score (nSPS) is 14.1. The number of hydrogen-bond donors (Lipinski definition) is 2. The van der Waals surface area contributed by atoms with Crippen molar-refractivity contribution in [2.45, 2.75) is 38.9 Å². The second-order valence-electron chi connectivity index (χ2n) is 9.81. The van der Waals surface area contributed by atoms with E-state index in [9.17, 15) is 4.79 Å². The second-order valence-corrected chi connectivity index (χ2v) is 10.2. The van der Waals surface area contributed by atoms with Gasteiger partial charge in [-0.25, -0.2) is 4.98 Å². The summed E-state index contributed by atoms with van der Waals surface area (Å²) in [7, 11) is 0. The Balaban J connectivity index is 1.46. The molecule has 0 spiro atoms. The number of nitrogens with one attached hydrogen (secondary N) is 1. The fourth-order valence-corrected chi connectivity index (χ4v) is 5.20. The van der Waals surface area contributed by atoms with Crippen molar-refractivity contribution in [1.29, 1.82) is 0 Å². The summed E-state index contributed by atoms with van der Waals surface area (Å²) >= 11 is 6.73. The average molecular weight is 558 g/mol. The standard InChI is InChI=1S/C29H28ClN7O3/c1-17-33-26(36-40-17)20-5-6-23(25(30)13-20)24-12-21-15-32-29(34-22-7-9-39-10-8-22)35-27(21)37(28(24)38)16-19-4-2-3-18(11-19)14-31/h2-6,11-13,15,22H,7-10,14,16,31H2,1H3,(H,32,34,35). The van der Waals surface area contributed by atoms with Crippen LogP contribution in [0.1, 0.15) is 29.9 Å². The van der Waals surface area contributed by atoms with Crippen molar-refractivity contribution in [2.24, 2.45) is 5.73 Å². The van der Waals surface area contributed by atoms with Crippen LogP contribution in [-0.4, -0.2) is 43.9 Å². The predicted molar refractivity (Wildman–Crippen MR) is 153 cm³/mol. The molecule has 0 saturated carbocycles. The van der Waals surface area contributed by atoms with E-state index in [0.717, 1.165) is 29.4 Å². The molecule has 3 aromatic heterocycles. The molecule has 2 aromatic carbocycles. The topological polar surface area (TPSA) is 134 Å². The fraction of sp³-hybridized carbons (Fsp3) is 0.276. The zero-order valence-corrected chi connectivity index (χ0v) is 22.7. The van der Waals surface area contributed by atoms with Gasteiger partial charge in [-0.2, -0.15) is 9.97 Å². The molecule has 1 aliphatic rings. The number of halogens is 1. The number of aryl methyl sites for hydroxylation is 1. The molecule has 3 N–H and O–H groups in total. The van der Waals surface area contributed by atoms with E-state index in [0.29, 0.717) is 71.3 Å². The third kappa shape index (κ3) is 5.33. The van der Waals surface area contributed by atoms with Crippen molar-refractivity contribution in [1.82, 2.24) is 24.7 Å². The van der Waals surface area contributed by atoms with Crippen molar-refractivity contribution in [3.05, 3.63) is 87.1 Å². The molecule has 4 heterocycles. The molecule has 0 aliphatic carbocycles. The molecular weight excluding hydrogens is 530 g/mol. The van der Waals surface area contributed by atoms with Gasteiger partial charge in [0.25, 0.3) is 5.56 Å². The number of nitrogens with two attached hydrogens (primary N) is 1. The number of pyridine rings is 1. The summed E-state index contributed by atoms with van der Waals surface area (Å²) in [6, 6.07) is 15.2. The minimum absolute atomic E-state index is 0.215. The largest absolute Gasteiger partial charge is 0.381 e. The van der Waals surface area contributed by atoms with Crippen LogP contribution in [0.25, 0.3) is 33.5 Å². The zero-order chi connectivity index (χ0) is 27.6. The van der Waals surface area contributed by atoms with Crippen molar-refractivity contribution in [2.75, 3.05) is 18.5 Å². The first-order valence-corrected chi connectivity index (χ1v) is 13.5. The highest BCUT2D eigenvalue weighted by Crippen LogP contribution is 2.31. The molecule has 204 valence electrons. The van der Waals surface area contributed by atoms with Crippen LogP contribution >= 0.6 is 11.6 Å². The minimum atomic E-state index is -0.216. The highest BCUT2D eigenvalue weighted by atomic mass is 35.5. The van der Waals surface area contributed by atoms with Gasteiger partial charge in [0, 0.05) is 66.0 Å². The van der Waals surface area contributed by atoms with Crippen molar-refractivity contribution >= 4 is 28.6 Å². The molecular formula is C29H28ClN7O3. The summed E-state index contributed by atoms with van der Waals surface area (Å²) in [4.78, 5) is 27.7. The van der Waals surface area contributed by atoms with Gasteiger partial charge in [0.05, 0.1) is 6.54 Å². The molecule has 11 heteroatoms. The number of anilines is 1. The Morgan fingerprint density at radius 2 is 1.90 bits per heavy atom. The summed E-state index contributed by atoms with van der Waals surface area (Å²) in [6.07, 6.45) is 3.48. The number of aromatic nitrogens is 5. The van der Waals surface area contributed by atoms with Crippen LogP contribution in [0.4, 0.5) is 5.95 Å². The number of hydrogen-bond acceptors (Lipinski definition) is 9. The van der Waals surface area contributed by atoms with Gasteiger partial charge in [0.1, 0.15) is 5.65 Å². The Bertz CT molecular complexity index is 1740. The van der Waals surface area contributed by atoms with Crippen LogP contribution in [0.2, 0.25) is 5.02 Å². The Labute approximate surface area is 235 Å². The lowest BCUT2D eigenvalue weighted by Gasteiger charge is -2.23. The SMILES string of the molecule is Cc1nc(-c2ccc(-c3cc4cnc(NC5CCOCC5)nc4n(Cc4cccc(CN)c4)c3=O)c(Cl)c2)no1. The summed E-state index contributed by atoms with van der Waals surface area (Å²) in [5, 5.41) is 8.48. The fourth-order valence-electron chi connectivity index (χ4n) is 4.92. The van der Waals surface area contributed by atoms with Crippen molar-refractivity contribution < 1.29 is 9.26 Å². The second kappa shape index (κ2) is 11.2. The first kappa shape index (κ1) is 26.1. The van der Waals surface area contributed by atoms with Crippen molar-refractivity contribution in [3.63, 3.8) is 0 Å². The maximum absolute atomic E-state index is 14.1. The summed E-state index contributed by atoms with van der Waals surface area (Å²) < 4.78 is 12.2. The van der Waals surface area contributed by atoms with E-state index in [4.69, 9.17) is 31.6 Å². The van der Waals surface area contributed by atoms with E-state index >= 15 is 0 Å². The third-order valence-corrected chi connectivity index (χ3v) is 7.31. The number of rotatable bonds is 7. The Morgan fingerprint density at radius 1 is 1.07 bits per heavy atom. The van der Waals surface area contributed by atoms with E-state index in [-0.39, 0.29) is 11.6 Å². The van der Waals surface area contributed by atoms with E-state index in [2.05, 4.69) is 20.4 Å². The number of fused-ring (bicyclic) bond motifs is 1. The average Bonchev–Trinajstić information content (AvgIpc) is 3.41. The maximum atomic E-state index is 14.1. The molecule has 1 fully saturated rings. The van der Waals surface area contributed by atoms with Gasteiger partial charge in [0.15, 0.2) is 0 Å². The highest BCUT2D eigenvalue weighted by Gasteiger charge is 2.19. The van der Waals surface area contributed by atoms with Gasteiger partial charge in [-0.3, -0.25) is 9.36 Å². The molecule has 0 amide bonds. The first-order chi connectivity index (χ1) is 19.5. The molecule has 0 bridgehead atoms. The Morgan fingerprint density at radius 3 is 2.65 bits per heavy atom. The predicted octanol–water partition coefficient (Wildman–Crippen LogP) is 4.57. The van der Waals surface area contributed by atoms with Crippen LogP contribution in [0, 0.1) is 6.92 Å². The van der Waals surface area contributed by atoms with Gasteiger partial charge < -0.3 is 20.3 Å². The lowest BCUT2D eigenvalue weighted by molar-refractivity contribution is 0.0903. The van der Waals surface area contributed by atoms with E-state index in [1.54, 1.807) is 35.9 Å². The van der Waals surface area contributed by atoms with Gasteiger partial charge >= 0.3 is 0 Å². The molecule has 1 aliphatic heterocycles. The van der Waals surface area contributed by atoms with Crippen LogP contribution in [0.5, 0.6) is 0 Å². The van der Waals surface area contributed by atoms with Gasteiger partial charge in [0.2, 0.25) is 17.7 Å². The van der Waals surface area contributed by atoms with Crippen LogP contribution in [0.15, 0.2) is 64.0 Å². The molecule has 0 unspecified atom stereocenters. The highest BCUT2D eigenvalue weighted by molar-refractivity contribution is 6.33. The van der Waals surface area contributed by atoms with Crippen LogP contribution in [-0.2, 0) is 17.8 Å². The smallest absolute Gasteiger partial charge is 0.260 e. The van der Waals surface area contributed by atoms with Crippen LogP contribution < -0.4 is 16.6 Å². The quantitative estimate of drug-likeness (QED) is 0.295. The summed E-state index contributed by atoms with van der Waals surface area (Å²) in [5.41, 5.74) is 9.84. The monoisotopic (exact) mass is 557 g/mol. The van der Waals surface area contributed by atoms with E-state index < -0.39 is 0 Å². The maximum Gasteiger partial charge on any atom is 0.260 e. The number of benzene rings is 2. The zero-order valence-electron chi connectivity index (χ0n) is 21.9. The molecule has 10 nitrogen and oxygen atoms in total. The van der Waals surface area contributed by atoms with E-state index in [1.807, 2.05) is 30.3 Å². The first-order valence-electron chi connectivity index (χ1n) is 13.1. The summed E-state index contributed by atoms with van der Waals surface area (Å²) in [6.45, 7) is 3.83. The Hall–Kier alpha value is -4.12. The molecule has 1 saturated heterocycles.